The number of carbonyl (C=O) groups excluding carboxylic acids is 2. The van der Waals surface area contributed by atoms with Gasteiger partial charge in [-0.05, 0) is 48.2 Å². The first-order valence-electron chi connectivity index (χ1n) is 8.26. The molecule has 0 aliphatic carbocycles. The average molecular weight is 386 g/mol. The predicted octanol–water partition coefficient (Wildman–Crippen LogP) is 2.33. The molecule has 0 bridgehead atoms. The molecule has 7 nitrogen and oxygen atoms in total. The molecule has 1 unspecified atom stereocenters. The summed E-state index contributed by atoms with van der Waals surface area (Å²) in [5, 5.41) is 10.4. The number of aliphatic carboxylic acids is 1. The standard InChI is InChI=1S/C19H18N2O5S/c20-15(18(23)24)9-11-1-5-13(6-2-11)26-14-7-3-12(4-8-14)10-16-17(22)21-19(25)27-16/h1-8,15-16H,9-10,20H2,(H,23,24)(H,21,22,25)/t15-,16?/m1/s1. The molecule has 1 fully saturated rings. The molecule has 0 aromatic heterocycles. The van der Waals surface area contributed by atoms with Crippen molar-refractivity contribution in [2.24, 2.45) is 5.73 Å². The number of carboxylic acid groups (broad SMARTS) is 1. The maximum absolute atomic E-state index is 11.6. The van der Waals surface area contributed by atoms with Gasteiger partial charge in [0, 0.05) is 0 Å². The molecule has 1 aliphatic heterocycles. The van der Waals surface area contributed by atoms with Gasteiger partial charge in [-0.3, -0.25) is 19.7 Å². The van der Waals surface area contributed by atoms with Gasteiger partial charge in [-0.1, -0.05) is 36.0 Å². The molecule has 0 spiro atoms. The molecule has 0 saturated carbocycles. The summed E-state index contributed by atoms with van der Waals surface area (Å²) in [5.74, 6) is -0.0404. The number of thioether (sulfide) groups is 1. The van der Waals surface area contributed by atoms with Crippen LogP contribution in [0, 0.1) is 0 Å². The summed E-state index contributed by atoms with van der Waals surface area (Å²) in [6.07, 6.45) is 0.723. The molecule has 1 aliphatic rings. The van der Waals surface area contributed by atoms with Gasteiger partial charge < -0.3 is 15.6 Å². The van der Waals surface area contributed by atoms with Gasteiger partial charge in [0.25, 0.3) is 5.24 Å². The zero-order valence-corrected chi connectivity index (χ0v) is 15.1. The monoisotopic (exact) mass is 386 g/mol. The van der Waals surface area contributed by atoms with Crippen LogP contribution in [0.15, 0.2) is 48.5 Å². The third kappa shape index (κ3) is 5.08. The Labute approximate surface area is 159 Å². The summed E-state index contributed by atoms with van der Waals surface area (Å²) in [6, 6.07) is 13.4. The van der Waals surface area contributed by atoms with E-state index in [1.165, 1.54) is 0 Å². The minimum atomic E-state index is -1.03. The number of hydrogen-bond donors (Lipinski definition) is 3. The Bertz CT molecular complexity index is 851. The Morgan fingerprint density at radius 2 is 1.63 bits per heavy atom. The summed E-state index contributed by atoms with van der Waals surface area (Å²) in [4.78, 5) is 33.6. The van der Waals surface area contributed by atoms with Crippen molar-refractivity contribution in [2.75, 3.05) is 0 Å². The topological polar surface area (TPSA) is 119 Å². The summed E-state index contributed by atoms with van der Waals surface area (Å²) in [7, 11) is 0. The summed E-state index contributed by atoms with van der Waals surface area (Å²) in [5.41, 5.74) is 7.27. The SMILES string of the molecule is N[C@H](Cc1ccc(Oc2ccc(CC3SC(=O)NC3=O)cc2)cc1)C(=O)O. The van der Waals surface area contributed by atoms with Crippen LogP contribution in [0.4, 0.5) is 4.79 Å². The minimum Gasteiger partial charge on any atom is -0.480 e. The maximum atomic E-state index is 11.6. The first kappa shape index (κ1) is 18.9. The van der Waals surface area contributed by atoms with E-state index in [2.05, 4.69) is 5.32 Å². The molecule has 8 heteroatoms. The van der Waals surface area contributed by atoms with Crippen molar-refractivity contribution < 1.29 is 24.2 Å². The van der Waals surface area contributed by atoms with Crippen molar-refractivity contribution in [1.29, 1.82) is 0 Å². The Hall–Kier alpha value is -2.84. The molecule has 27 heavy (non-hydrogen) atoms. The van der Waals surface area contributed by atoms with Crippen molar-refractivity contribution in [3.05, 3.63) is 59.7 Å². The van der Waals surface area contributed by atoms with Crippen LogP contribution in [-0.4, -0.2) is 33.5 Å². The van der Waals surface area contributed by atoms with Gasteiger partial charge in [-0.15, -0.1) is 0 Å². The molecule has 2 aromatic carbocycles. The molecular formula is C19H18N2O5S. The lowest BCUT2D eigenvalue weighted by Crippen LogP contribution is -2.32. The number of carbonyl (C=O) groups is 3. The van der Waals surface area contributed by atoms with Crippen LogP contribution < -0.4 is 15.8 Å². The number of ether oxygens (including phenoxy) is 1. The Morgan fingerprint density at radius 1 is 1.07 bits per heavy atom. The number of carboxylic acids is 1. The number of rotatable bonds is 7. The highest BCUT2D eigenvalue weighted by atomic mass is 32.2. The Morgan fingerprint density at radius 3 is 2.11 bits per heavy atom. The van der Waals surface area contributed by atoms with Crippen LogP contribution in [0.3, 0.4) is 0 Å². The molecule has 2 atom stereocenters. The lowest BCUT2D eigenvalue weighted by molar-refractivity contribution is -0.138. The third-order valence-electron chi connectivity index (χ3n) is 4.04. The van der Waals surface area contributed by atoms with Crippen molar-refractivity contribution in [1.82, 2.24) is 5.32 Å². The van der Waals surface area contributed by atoms with Crippen LogP contribution in [-0.2, 0) is 22.4 Å². The number of nitrogens with two attached hydrogens (primary N) is 1. The molecule has 4 N–H and O–H groups in total. The van der Waals surface area contributed by atoms with Crippen LogP contribution in [0.2, 0.25) is 0 Å². The van der Waals surface area contributed by atoms with Crippen molar-refractivity contribution in [3.8, 4) is 11.5 Å². The fraction of sp³-hybridized carbons (Fsp3) is 0.211. The molecule has 140 valence electrons. The van der Waals surface area contributed by atoms with Gasteiger partial charge in [0.1, 0.15) is 17.5 Å². The zero-order valence-electron chi connectivity index (χ0n) is 14.3. The van der Waals surface area contributed by atoms with Gasteiger partial charge in [-0.25, -0.2) is 0 Å². The molecular weight excluding hydrogens is 368 g/mol. The molecule has 2 aromatic rings. The molecule has 1 saturated heterocycles. The van der Waals surface area contributed by atoms with Crippen LogP contribution in [0.5, 0.6) is 11.5 Å². The highest BCUT2D eigenvalue weighted by molar-refractivity contribution is 8.15. The number of hydrogen-bond acceptors (Lipinski definition) is 6. The van der Waals surface area contributed by atoms with Gasteiger partial charge in [-0.2, -0.15) is 0 Å². The number of nitrogens with one attached hydrogen (secondary N) is 1. The van der Waals surface area contributed by atoms with Crippen molar-refractivity contribution >= 4 is 28.9 Å². The summed E-state index contributed by atoms with van der Waals surface area (Å²) < 4.78 is 5.76. The van der Waals surface area contributed by atoms with Gasteiger partial charge in [0.2, 0.25) is 5.91 Å². The van der Waals surface area contributed by atoms with E-state index in [0.29, 0.717) is 17.9 Å². The normalized spacial score (nSPS) is 17.4. The zero-order chi connectivity index (χ0) is 19.4. The van der Waals surface area contributed by atoms with Crippen molar-refractivity contribution in [2.45, 2.75) is 24.1 Å². The van der Waals surface area contributed by atoms with Crippen LogP contribution in [0.1, 0.15) is 11.1 Å². The molecule has 1 heterocycles. The second-order valence-corrected chi connectivity index (χ2v) is 7.30. The first-order chi connectivity index (χ1) is 12.9. The van der Waals surface area contributed by atoms with E-state index in [9.17, 15) is 14.4 Å². The van der Waals surface area contributed by atoms with Crippen molar-refractivity contribution in [3.63, 3.8) is 0 Å². The highest BCUT2D eigenvalue weighted by Crippen LogP contribution is 2.26. The fourth-order valence-electron chi connectivity index (χ4n) is 2.61. The second kappa shape index (κ2) is 8.24. The van der Waals surface area contributed by atoms with Crippen LogP contribution in [0.25, 0.3) is 0 Å². The van der Waals surface area contributed by atoms with E-state index in [1.54, 1.807) is 36.4 Å². The largest absolute Gasteiger partial charge is 0.480 e. The van der Waals surface area contributed by atoms with E-state index in [1.807, 2.05) is 12.1 Å². The fourth-order valence-corrected chi connectivity index (χ4v) is 3.47. The number of amides is 2. The minimum absolute atomic E-state index is 0.250. The Balaban J connectivity index is 1.57. The van der Waals surface area contributed by atoms with E-state index in [-0.39, 0.29) is 17.6 Å². The molecule has 3 rings (SSSR count). The number of benzene rings is 2. The molecule has 0 radical (unpaired) electrons. The lowest BCUT2D eigenvalue weighted by atomic mass is 10.1. The van der Waals surface area contributed by atoms with Gasteiger partial charge in [0.15, 0.2) is 0 Å². The summed E-state index contributed by atoms with van der Waals surface area (Å²) >= 11 is 1.01. The lowest BCUT2D eigenvalue weighted by Gasteiger charge is -2.10. The van der Waals surface area contributed by atoms with E-state index < -0.39 is 17.3 Å². The quantitative estimate of drug-likeness (QED) is 0.668. The predicted molar refractivity (Wildman–Crippen MR) is 101 cm³/mol. The average Bonchev–Trinajstić information content (AvgIpc) is 2.95. The van der Waals surface area contributed by atoms with Crippen LogP contribution >= 0.6 is 11.8 Å². The third-order valence-corrected chi connectivity index (χ3v) is 5.02. The summed E-state index contributed by atoms with van der Waals surface area (Å²) in [6.45, 7) is 0. The maximum Gasteiger partial charge on any atom is 0.320 e. The van der Waals surface area contributed by atoms with Gasteiger partial charge >= 0.3 is 5.97 Å². The molecule has 2 amide bonds. The van der Waals surface area contributed by atoms with E-state index in [4.69, 9.17) is 15.6 Å². The second-order valence-electron chi connectivity index (χ2n) is 6.13. The van der Waals surface area contributed by atoms with E-state index >= 15 is 0 Å². The van der Waals surface area contributed by atoms with E-state index in [0.717, 1.165) is 22.9 Å². The van der Waals surface area contributed by atoms with Gasteiger partial charge in [0.05, 0.1) is 5.25 Å². The highest BCUT2D eigenvalue weighted by Gasteiger charge is 2.31. The Kier molecular flexibility index (Phi) is 5.78. The number of imide groups is 1. The smallest absolute Gasteiger partial charge is 0.320 e. The first-order valence-corrected chi connectivity index (χ1v) is 9.14.